The van der Waals surface area contributed by atoms with Crippen LogP contribution in [0.4, 0.5) is 0 Å². The second-order valence-electron chi connectivity index (χ2n) is 4.88. The highest BCUT2D eigenvalue weighted by molar-refractivity contribution is 4.79. The maximum absolute atomic E-state index is 9.58. The monoisotopic (exact) mass is 203 g/mol. The summed E-state index contributed by atoms with van der Waals surface area (Å²) >= 11 is 0. The third kappa shape index (κ3) is 4.40. The van der Waals surface area contributed by atoms with E-state index in [0.717, 1.165) is 13.2 Å². The number of ether oxygens (including phenoxy) is 1. The Morgan fingerprint density at radius 1 is 1.36 bits per heavy atom. The van der Waals surface area contributed by atoms with E-state index in [1.165, 1.54) is 0 Å². The fraction of sp³-hybridized carbons (Fsp3) is 1.00. The third-order valence-corrected chi connectivity index (χ3v) is 2.95. The second-order valence-corrected chi connectivity index (χ2v) is 4.88. The molecule has 2 unspecified atom stereocenters. The Labute approximate surface area is 88.1 Å². The van der Waals surface area contributed by atoms with Gasteiger partial charge < -0.3 is 14.7 Å². The van der Waals surface area contributed by atoms with Crippen molar-refractivity contribution >= 4 is 0 Å². The van der Waals surface area contributed by atoms with Crippen LogP contribution in [-0.2, 0) is 4.74 Å². The molecule has 0 bridgehead atoms. The Morgan fingerprint density at radius 3 is 2.21 bits per heavy atom. The van der Waals surface area contributed by atoms with Crippen LogP contribution in [0.2, 0.25) is 0 Å². The zero-order chi connectivity index (χ0) is 11.4. The van der Waals surface area contributed by atoms with Gasteiger partial charge in [0, 0.05) is 25.1 Å². The largest absolute Gasteiger partial charge is 0.393 e. The Bertz CT molecular complexity index is 157. The number of nitrogens with zero attached hydrogens (tertiary/aromatic N) is 1. The Hall–Kier alpha value is -0.120. The van der Waals surface area contributed by atoms with Gasteiger partial charge in [0.05, 0.1) is 12.7 Å². The number of aliphatic hydroxyl groups is 1. The first-order chi connectivity index (χ1) is 6.31. The van der Waals surface area contributed by atoms with Gasteiger partial charge in [-0.25, -0.2) is 0 Å². The molecule has 2 atom stereocenters. The zero-order valence-corrected chi connectivity index (χ0v) is 10.4. The SMILES string of the molecule is COCC(C)N(C)CC(C)(C)C(C)O. The molecular weight excluding hydrogens is 178 g/mol. The first kappa shape index (κ1) is 13.9. The van der Waals surface area contributed by atoms with Gasteiger partial charge in [-0.2, -0.15) is 0 Å². The molecule has 0 aromatic rings. The van der Waals surface area contributed by atoms with E-state index in [0.29, 0.717) is 6.04 Å². The van der Waals surface area contributed by atoms with Crippen LogP contribution >= 0.6 is 0 Å². The van der Waals surface area contributed by atoms with Crippen molar-refractivity contribution in [3.05, 3.63) is 0 Å². The summed E-state index contributed by atoms with van der Waals surface area (Å²) in [6, 6.07) is 0.387. The number of methoxy groups -OCH3 is 1. The molecule has 0 amide bonds. The number of rotatable bonds is 6. The molecule has 0 fully saturated rings. The van der Waals surface area contributed by atoms with Crippen LogP contribution in [0, 0.1) is 5.41 Å². The van der Waals surface area contributed by atoms with Gasteiger partial charge in [0.1, 0.15) is 0 Å². The number of aliphatic hydroxyl groups excluding tert-OH is 1. The van der Waals surface area contributed by atoms with Crippen molar-refractivity contribution < 1.29 is 9.84 Å². The minimum atomic E-state index is -0.292. The van der Waals surface area contributed by atoms with Crippen molar-refractivity contribution in [3.63, 3.8) is 0 Å². The van der Waals surface area contributed by atoms with Gasteiger partial charge in [0.25, 0.3) is 0 Å². The normalized spacial score (nSPS) is 17.1. The number of hydrogen-bond donors (Lipinski definition) is 1. The molecule has 0 saturated carbocycles. The maximum atomic E-state index is 9.58. The third-order valence-electron chi connectivity index (χ3n) is 2.95. The van der Waals surface area contributed by atoms with Crippen molar-refractivity contribution in [3.8, 4) is 0 Å². The first-order valence-electron chi connectivity index (χ1n) is 5.18. The van der Waals surface area contributed by atoms with Gasteiger partial charge >= 0.3 is 0 Å². The predicted molar refractivity (Wildman–Crippen MR) is 59.4 cm³/mol. The minimum Gasteiger partial charge on any atom is -0.393 e. The van der Waals surface area contributed by atoms with Crippen molar-refractivity contribution in [1.29, 1.82) is 0 Å². The van der Waals surface area contributed by atoms with Gasteiger partial charge in [-0.15, -0.1) is 0 Å². The van der Waals surface area contributed by atoms with Crippen molar-refractivity contribution in [2.45, 2.75) is 39.8 Å². The minimum absolute atomic E-state index is 0.0727. The summed E-state index contributed by atoms with van der Waals surface area (Å²) in [5.74, 6) is 0. The van der Waals surface area contributed by atoms with Crippen LogP contribution in [0.25, 0.3) is 0 Å². The maximum Gasteiger partial charge on any atom is 0.0615 e. The molecule has 0 heterocycles. The highest BCUT2D eigenvalue weighted by atomic mass is 16.5. The quantitative estimate of drug-likeness (QED) is 0.707. The Morgan fingerprint density at radius 2 is 1.86 bits per heavy atom. The summed E-state index contributed by atoms with van der Waals surface area (Å²) in [4.78, 5) is 2.22. The van der Waals surface area contributed by atoms with E-state index in [2.05, 4.69) is 32.7 Å². The Balaban J connectivity index is 4.10. The molecule has 14 heavy (non-hydrogen) atoms. The molecule has 0 aromatic carbocycles. The summed E-state index contributed by atoms with van der Waals surface area (Å²) in [6.45, 7) is 9.72. The van der Waals surface area contributed by atoms with E-state index in [4.69, 9.17) is 4.74 Å². The molecule has 86 valence electrons. The molecule has 1 N–H and O–H groups in total. The lowest BCUT2D eigenvalue weighted by atomic mass is 9.86. The fourth-order valence-corrected chi connectivity index (χ4v) is 1.30. The van der Waals surface area contributed by atoms with E-state index in [1.807, 2.05) is 6.92 Å². The van der Waals surface area contributed by atoms with Crippen molar-refractivity contribution in [2.24, 2.45) is 5.41 Å². The summed E-state index contributed by atoms with van der Waals surface area (Å²) in [6.07, 6.45) is -0.292. The first-order valence-corrected chi connectivity index (χ1v) is 5.18. The predicted octanol–water partition coefficient (Wildman–Crippen LogP) is 1.36. The fourth-order valence-electron chi connectivity index (χ4n) is 1.30. The van der Waals surface area contributed by atoms with Gasteiger partial charge in [-0.3, -0.25) is 0 Å². The molecule has 0 aliphatic heterocycles. The lowest BCUT2D eigenvalue weighted by Crippen LogP contribution is -2.43. The van der Waals surface area contributed by atoms with Crippen LogP contribution < -0.4 is 0 Å². The lowest BCUT2D eigenvalue weighted by molar-refractivity contribution is 0.0204. The molecule has 0 saturated heterocycles. The zero-order valence-electron chi connectivity index (χ0n) is 10.4. The molecule has 0 spiro atoms. The molecule has 0 aromatic heterocycles. The summed E-state index contributed by atoms with van der Waals surface area (Å²) < 4.78 is 5.10. The van der Waals surface area contributed by atoms with Crippen LogP contribution in [0.1, 0.15) is 27.7 Å². The summed E-state index contributed by atoms with van der Waals surface area (Å²) in [7, 11) is 3.78. The van der Waals surface area contributed by atoms with E-state index < -0.39 is 0 Å². The molecule has 0 aliphatic carbocycles. The smallest absolute Gasteiger partial charge is 0.0615 e. The van der Waals surface area contributed by atoms with Gasteiger partial charge in [-0.05, 0) is 20.9 Å². The van der Waals surface area contributed by atoms with E-state index >= 15 is 0 Å². The van der Waals surface area contributed by atoms with E-state index in [1.54, 1.807) is 7.11 Å². The standard InChI is InChI=1S/C11H25NO2/c1-9(7-14-6)12(5)8-11(3,4)10(2)13/h9-10,13H,7-8H2,1-6H3. The van der Waals surface area contributed by atoms with E-state index in [9.17, 15) is 5.11 Å². The number of hydrogen-bond acceptors (Lipinski definition) is 3. The molecule has 0 radical (unpaired) electrons. The van der Waals surface area contributed by atoms with Crippen LogP contribution in [-0.4, -0.2) is 49.5 Å². The van der Waals surface area contributed by atoms with Gasteiger partial charge in [0.15, 0.2) is 0 Å². The van der Waals surface area contributed by atoms with Gasteiger partial charge in [-0.1, -0.05) is 13.8 Å². The molecule has 3 heteroatoms. The van der Waals surface area contributed by atoms with E-state index in [-0.39, 0.29) is 11.5 Å². The van der Waals surface area contributed by atoms with Crippen molar-refractivity contribution in [2.75, 3.05) is 27.3 Å². The Kier molecular flexibility index (Phi) is 5.64. The highest BCUT2D eigenvalue weighted by Gasteiger charge is 2.27. The number of likely N-dealkylation sites (N-methyl/N-ethyl adjacent to an activating group) is 1. The van der Waals surface area contributed by atoms with Crippen LogP contribution in [0.5, 0.6) is 0 Å². The molecule has 3 nitrogen and oxygen atoms in total. The second kappa shape index (κ2) is 5.69. The van der Waals surface area contributed by atoms with Crippen LogP contribution in [0.15, 0.2) is 0 Å². The summed E-state index contributed by atoms with van der Waals surface area (Å²) in [5.41, 5.74) is -0.0727. The highest BCUT2D eigenvalue weighted by Crippen LogP contribution is 2.22. The average Bonchev–Trinajstić information content (AvgIpc) is 2.03. The lowest BCUT2D eigenvalue weighted by Gasteiger charge is -2.35. The van der Waals surface area contributed by atoms with Crippen LogP contribution in [0.3, 0.4) is 0 Å². The molecular formula is C11H25NO2. The van der Waals surface area contributed by atoms with Gasteiger partial charge in [0.2, 0.25) is 0 Å². The summed E-state index contributed by atoms with van der Waals surface area (Å²) in [5, 5.41) is 9.58. The molecule has 0 rings (SSSR count). The van der Waals surface area contributed by atoms with Crippen molar-refractivity contribution in [1.82, 2.24) is 4.90 Å². The topological polar surface area (TPSA) is 32.7 Å². The average molecular weight is 203 g/mol. The molecule has 0 aliphatic rings.